The van der Waals surface area contributed by atoms with Crippen molar-refractivity contribution >= 4 is 40.7 Å². The summed E-state index contributed by atoms with van der Waals surface area (Å²) in [5.41, 5.74) is 2.11. The number of carbonyl (C=O) groups excluding carboxylic acids is 2. The molecule has 0 spiro atoms. The van der Waals surface area contributed by atoms with E-state index in [1.165, 1.54) is 6.07 Å². The monoisotopic (exact) mass is 390 g/mol. The van der Waals surface area contributed by atoms with E-state index in [9.17, 15) is 9.59 Å². The lowest BCUT2D eigenvalue weighted by Crippen LogP contribution is -2.23. The first-order valence-electron chi connectivity index (χ1n) is 8.66. The Hall–Kier alpha value is -2.04. The number of nitrogens with one attached hydrogen (secondary N) is 2. The van der Waals surface area contributed by atoms with Crippen molar-refractivity contribution in [1.82, 2.24) is 5.32 Å². The highest BCUT2D eigenvalue weighted by atomic mass is 35.5. The van der Waals surface area contributed by atoms with Gasteiger partial charge in [-0.15, -0.1) is 0 Å². The normalized spacial score (nSPS) is 14.2. The maximum absolute atomic E-state index is 12.2. The van der Waals surface area contributed by atoms with Crippen molar-refractivity contribution in [2.24, 2.45) is 5.92 Å². The number of hydrogen-bond donors (Lipinski definition) is 2. The molecule has 2 N–H and O–H groups in total. The average molecular weight is 391 g/mol. The first-order chi connectivity index (χ1) is 12.5. The van der Waals surface area contributed by atoms with Crippen LogP contribution < -0.4 is 10.6 Å². The van der Waals surface area contributed by atoms with E-state index in [2.05, 4.69) is 10.6 Å². The lowest BCUT2D eigenvalue weighted by molar-refractivity contribution is -0.119. The Bertz CT molecular complexity index is 817. The summed E-state index contributed by atoms with van der Waals surface area (Å²) in [7, 11) is 0. The van der Waals surface area contributed by atoms with Crippen LogP contribution in [0.5, 0.6) is 0 Å². The Kier molecular flexibility index (Phi) is 6.17. The zero-order valence-electron chi connectivity index (χ0n) is 14.2. The molecule has 0 aliphatic heterocycles. The van der Waals surface area contributed by atoms with Gasteiger partial charge in [-0.05, 0) is 48.7 Å². The van der Waals surface area contributed by atoms with Gasteiger partial charge in [-0.3, -0.25) is 9.59 Å². The van der Waals surface area contributed by atoms with E-state index in [0.717, 1.165) is 36.9 Å². The van der Waals surface area contributed by atoms with E-state index in [4.69, 9.17) is 23.2 Å². The van der Waals surface area contributed by atoms with Crippen molar-refractivity contribution in [3.8, 4) is 0 Å². The van der Waals surface area contributed by atoms with Gasteiger partial charge in [0.05, 0.1) is 10.0 Å². The number of anilines is 1. The minimum absolute atomic E-state index is 0.0829. The predicted molar refractivity (Wildman–Crippen MR) is 105 cm³/mol. The number of carbonyl (C=O) groups is 2. The lowest BCUT2D eigenvalue weighted by atomic mass is 10.1. The summed E-state index contributed by atoms with van der Waals surface area (Å²) in [6.07, 6.45) is 4.17. The highest BCUT2D eigenvalue weighted by molar-refractivity contribution is 6.42. The Balaban J connectivity index is 1.58. The standard InChI is InChI=1S/C20H20Cl2N2O2/c21-17-9-8-15(11-18(17)22)19(25)23-12-13-4-3-7-16(10-13)24-20(26)14-5-1-2-6-14/h3-4,7-11,14H,1-2,5-6,12H2,(H,23,25)(H,24,26). The largest absolute Gasteiger partial charge is 0.348 e. The van der Waals surface area contributed by atoms with Crippen LogP contribution in [0, 0.1) is 5.92 Å². The highest BCUT2D eigenvalue weighted by Gasteiger charge is 2.22. The van der Waals surface area contributed by atoms with Crippen LogP contribution in [0.4, 0.5) is 5.69 Å². The molecule has 6 heteroatoms. The predicted octanol–water partition coefficient (Wildman–Crippen LogP) is 5.05. The molecule has 0 radical (unpaired) electrons. The molecular weight excluding hydrogens is 371 g/mol. The quantitative estimate of drug-likeness (QED) is 0.749. The number of amides is 2. The van der Waals surface area contributed by atoms with E-state index in [1.54, 1.807) is 12.1 Å². The third-order valence-electron chi connectivity index (χ3n) is 4.56. The molecule has 0 unspecified atom stereocenters. The van der Waals surface area contributed by atoms with Crippen LogP contribution in [0.15, 0.2) is 42.5 Å². The van der Waals surface area contributed by atoms with Gasteiger partial charge in [0.1, 0.15) is 0 Å². The van der Waals surface area contributed by atoms with Crippen LogP contribution in [0.1, 0.15) is 41.6 Å². The molecule has 2 amide bonds. The van der Waals surface area contributed by atoms with E-state index in [0.29, 0.717) is 22.2 Å². The van der Waals surface area contributed by atoms with Crippen molar-refractivity contribution in [2.45, 2.75) is 32.2 Å². The summed E-state index contributed by atoms with van der Waals surface area (Å²) >= 11 is 11.8. The lowest BCUT2D eigenvalue weighted by Gasteiger charge is -2.12. The maximum Gasteiger partial charge on any atom is 0.251 e. The number of halogens is 2. The second-order valence-corrected chi connectivity index (χ2v) is 7.30. The minimum atomic E-state index is -0.232. The molecular formula is C20H20Cl2N2O2. The zero-order valence-corrected chi connectivity index (χ0v) is 15.7. The summed E-state index contributed by atoms with van der Waals surface area (Å²) in [5.74, 6) is -0.0311. The molecule has 1 aliphatic carbocycles. The van der Waals surface area contributed by atoms with E-state index >= 15 is 0 Å². The van der Waals surface area contributed by atoms with Crippen LogP contribution >= 0.6 is 23.2 Å². The summed E-state index contributed by atoms with van der Waals surface area (Å²) < 4.78 is 0. The fraction of sp³-hybridized carbons (Fsp3) is 0.300. The van der Waals surface area contributed by atoms with E-state index < -0.39 is 0 Å². The van der Waals surface area contributed by atoms with Crippen molar-refractivity contribution < 1.29 is 9.59 Å². The van der Waals surface area contributed by atoms with Gasteiger partial charge in [-0.1, -0.05) is 48.2 Å². The van der Waals surface area contributed by atoms with Crippen molar-refractivity contribution in [2.75, 3.05) is 5.32 Å². The minimum Gasteiger partial charge on any atom is -0.348 e. The molecule has 0 bridgehead atoms. The highest BCUT2D eigenvalue weighted by Crippen LogP contribution is 2.26. The molecule has 26 heavy (non-hydrogen) atoms. The van der Waals surface area contributed by atoms with Gasteiger partial charge in [-0.25, -0.2) is 0 Å². The molecule has 1 fully saturated rings. The van der Waals surface area contributed by atoms with Crippen molar-refractivity contribution in [1.29, 1.82) is 0 Å². The second-order valence-electron chi connectivity index (χ2n) is 6.48. The van der Waals surface area contributed by atoms with Crippen molar-refractivity contribution in [3.05, 3.63) is 63.6 Å². The van der Waals surface area contributed by atoms with Gasteiger partial charge in [0.25, 0.3) is 5.91 Å². The van der Waals surface area contributed by atoms with E-state index in [1.807, 2.05) is 24.3 Å². The maximum atomic E-state index is 12.2. The van der Waals surface area contributed by atoms with Gasteiger partial charge in [0.2, 0.25) is 5.91 Å². The molecule has 0 heterocycles. The fourth-order valence-corrected chi connectivity index (χ4v) is 3.41. The Morgan fingerprint density at radius 2 is 1.77 bits per heavy atom. The van der Waals surface area contributed by atoms with Gasteiger partial charge < -0.3 is 10.6 Å². The first-order valence-corrected chi connectivity index (χ1v) is 9.41. The van der Waals surface area contributed by atoms with Crippen LogP contribution in [0.25, 0.3) is 0 Å². The third kappa shape index (κ3) is 4.77. The number of hydrogen-bond acceptors (Lipinski definition) is 2. The molecule has 1 aliphatic rings. The first kappa shape index (κ1) is 18.7. The van der Waals surface area contributed by atoms with Crippen LogP contribution in [0.2, 0.25) is 10.0 Å². The van der Waals surface area contributed by atoms with Crippen molar-refractivity contribution in [3.63, 3.8) is 0 Å². The Morgan fingerprint density at radius 3 is 2.50 bits per heavy atom. The fourth-order valence-electron chi connectivity index (χ4n) is 3.11. The molecule has 1 saturated carbocycles. The molecule has 0 atom stereocenters. The summed E-state index contributed by atoms with van der Waals surface area (Å²) in [6, 6.07) is 12.3. The molecule has 0 aromatic heterocycles. The second kappa shape index (κ2) is 8.56. The molecule has 4 nitrogen and oxygen atoms in total. The van der Waals surface area contributed by atoms with E-state index in [-0.39, 0.29) is 17.7 Å². The SMILES string of the molecule is O=C(NCc1cccc(NC(=O)C2CCCC2)c1)c1ccc(Cl)c(Cl)c1. The summed E-state index contributed by atoms with van der Waals surface area (Å²) in [6.45, 7) is 0.353. The van der Waals surface area contributed by atoms with Gasteiger partial charge >= 0.3 is 0 Å². The summed E-state index contributed by atoms with van der Waals surface area (Å²) in [4.78, 5) is 24.5. The van der Waals surface area contributed by atoms with Gasteiger partial charge in [0, 0.05) is 23.7 Å². The zero-order chi connectivity index (χ0) is 18.5. The smallest absolute Gasteiger partial charge is 0.251 e. The molecule has 3 rings (SSSR count). The van der Waals surface area contributed by atoms with Gasteiger partial charge in [-0.2, -0.15) is 0 Å². The molecule has 0 saturated heterocycles. The Morgan fingerprint density at radius 1 is 1.00 bits per heavy atom. The molecule has 136 valence electrons. The molecule has 2 aromatic carbocycles. The molecule has 2 aromatic rings. The van der Waals surface area contributed by atoms with Gasteiger partial charge in [0.15, 0.2) is 0 Å². The van der Waals surface area contributed by atoms with Crippen LogP contribution in [0.3, 0.4) is 0 Å². The topological polar surface area (TPSA) is 58.2 Å². The number of benzene rings is 2. The average Bonchev–Trinajstić information content (AvgIpc) is 3.17. The summed E-state index contributed by atoms with van der Waals surface area (Å²) in [5, 5.41) is 6.57. The van der Waals surface area contributed by atoms with Crippen LogP contribution in [-0.4, -0.2) is 11.8 Å². The number of rotatable bonds is 5. The third-order valence-corrected chi connectivity index (χ3v) is 5.29. The Labute approximate surface area is 162 Å². The van der Waals surface area contributed by atoms with Crippen LogP contribution in [-0.2, 0) is 11.3 Å².